The molecule has 2 N–H and O–H groups in total. The Bertz CT molecular complexity index is 210. The van der Waals surface area contributed by atoms with E-state index in [1.807, 2.05) is 7.05 Å². The van der Waals surface area contributed by atoms with E-state index >= 15 is 0 Å². The summed E-state index contributed by atoms with van der Waals surface area (Å²) in [5.41, 5.74) is -0.150. The topological polar surface area (TPSA) is 35.5 Å². The van der Waals surface area contributed by atoms with Crippen LogP contribution in [-0.2, 0) is 0 Å². The molecule has 0 aliphatic heterocycles. The molecule has 0 heterocycles. The van der Waals surface area contributed by atoms with Gasteiger partial charge in [-0.15, -0.1) is 0 Å². The lowest BCUT2D eigenvalue weighted by Crippen LogP contribution is -2.50. The molecule has 0 aromatic carbocycles. The second-order valence-corrected chi connectivity index (χ2v) is 5.98. The number of nitrogens with zero attached hydrogens (tertiary/aromatic N) is 1. The molecule has 0 amide bonds. The average Bonchev–Trinajstić information content (AvgIpc) is 2.38. The first-order valence-corrected chi connectivity index (χ1v) is 7.04. The smallest absolute Gasteiger partial charge is 0.0611 e. The van der Waals surface area contributed by atoms with Crippen molar-refractivity contribution < 1.29 is 5.11 Å². The van der Waals surface area contributed by atoms with Gasteiger partial charge in [0.15, 0.2) is 0 Å². The summed E-state index contributed by atoms with van der Waals surface area (Å²) in [4.78, 5) is 2.52. The Morgan fingerprint density at radius 1 is 1.35 bits per heavy atom. The molecule has 0 bridgehead atoms. The molecule has 0 radical (unpaired) electrons. The lowest BCUT2D eigenvalue weighted by molar-refractivity contribution is 0.0956. The number of aliphatic hydroxyl groups is 1. The maximum Gasteiger partial charge on any atom is 0.0611 e. The second-order valence-electron chi connectivity index (χ2n) is 5.98. The lowest BCUT2D eigenvalue weighted by Gasteiger charge is -2.39. The first-order chi connectivity index (χ1) is 8.02. The second kappa shape index (κ2) is 6.72. The molecular weight excluding hydrogens is 212 g/mol. The number of aliphatic hydroxyl groups excluding tert-OH is 1. The minimum atomic E-state index is -0.150. The van der Waals surface area contributed by atoms with E-state index in [2.05, 4.69) is 31.1 Å². The highest BCUT2D eigenvalue weighted by molar-refractivity contribution is 4.87. The van der Waals surface area contributed by atoms with E-state index in [1.165, 1.54) is 32.1 Å². The Balaban J connectivity index is 2.47. The lowest BCUT2D eigenvalue weighted by atomic mass is 9.90. The molecule has 0 aromatic heterocycles. The van der Waals surface area contributed by atoms with Crippen LogP contribution in [0.25, 0.3) is 0 Å². The first-order valence-electron chi connectivity index (χ1n) is 7.04. The fraction of sp³-hybridized carbons (Fsp3) is 1.00. The van der Waals surface area contributed by atoms with Gasteiger partial charge in [-0.2, -0.15) is 0 Å². The van der Waals surface area contributed by atoms with Crippen LogP contribution in [0.4, 0.5) is 0 Å². The zero-order chi connectivity index (χ0) is 12.9. The van der Waals surface area contributed by atoms with Gasteiger partial charge in [0.1, 0.15) is 0 Å². The molecular formula is C14H30N2O. The molecule has 0 aromatic rings. The summed E-state index contributed by atoms with van der Waals surface area (Å²) in [6, 6.07) is 1.27. The Morgan fingerprint density at radius 3 is 2.41 bits per heavy atom. The van der Waals surface area contributed by atoms with Crippen LogP contribution in [0.5, 0.6) is 0 Å². The summed E-state index contributed by atoms with van der Waals surface area (Å²) in [5, 5.41) is 12.7. The standard InChI is InChI=1S/C14H30N2O/c1-12(10-14(2,11-17)15-3)16(4)13-8-6-5-7-9-13/h12-13,15,17H,5-11H2,1-4H3. The monoisotopic (exact) mass is 242 g/mol. The van der Waals surface area contributed by atoms with E-state index in [0.29, 0.717) is 6.04 Å². The largest absolute Gasteiger partial charge is 0.394 e. The van der Waals surface area contributed by atoms with Crippen LogP contribution in [0.2, 0.25) is 0 Å². The molecule has 3 heteroatoms. The van der Waals surface area contributed by atoms with E-state index in [9.17, 15) is 5.11 Å². The molecule has 1 aliphatic rings. The van der Waals surface area contributed by atoms with Gasteiger partial charge in [-0.3, -0.25) is 0 Å². The number of rotatable bonds is 6. The molecule has 2 unspecified atom stereocenters. The van der Waals surface area contributed by atoms with Gasteiger partial charge in [-0.25, -0.2) is 0 Å². The zero-order valence-corrected chi connectivity index (χ0v) is 12.0. The van der Waals surface area contributed by atoms with Gasteiger partial charge in [0.2, 0.25) is 0 Å². The minimum Gasteiger partial charge on any atom is -0.394 e. The first kappa shape index (κ1) is 14.9. The minimum absolute atomic E-state index is 0.150. The normalized spacial score (nSPS) is 23.6. The highest BCUT2D eigenvalue weighted by Gasteiger charge is 2.28. The molecule has 2 atom stereocenters. The number of hydrogen-bond donors (Lipinski definition) is 2. The van der Waals surface area contributed by atoms with Crippen molar-refractivity contribution in [3.05, 3.63) is 0 Å². The fourth-order valence-corrected chi connectivity index (χ4v) is 2.89. The van der Waals surface area contributed by atoms with Crippen molar-refractivity contribution in [1.29, 1.82) is 0 Å². The third-order valence-electron chi connectivity index (χ3n) is 4.54. The summed E-state index contributed by atoms with van der Waals surface area (Å²) in [7, 11) is 4.18. The van der Waals surface area contributed by atoms with Gasteiger partial charge in [0.25, 0.3) is 0 Å². The van der Waals surface area contributed by atoms with Crippen molar-refractivity contribution >= 4 is 0 Å². The predicted octanol–water partition coefficient (Wildman–Crippen LogP) is 2.00. The molecule has 1 rings (SSSR count). The Morgan fingerprint density at radius 2 is 1.94 bits per heavy atom. The van der Waals surface area contributed by atoms with Crippen molar-refractivity contribution in [1.82, 2.24) is 10.2 Å². The van der Waals surface area contributed by atoms with Crippen LogP contribution in [0.1, 0.15) is 52.4 Å². The van der Waals surface area contributed by atoms with Gasteiger partial charge < -0.3 is 15.3 Å². The number of hydrogen-bond acceptors (Lipinski definition) is 3. The maximum absolute atomic E-state index is 9.45. The molecule has 1 aliphatic carbocycles. The zero-order valence-electron chi connectivity index (χ0n) is 12.0. The molecule has 0 saturated heterocycles. The number of nitrogens with one attached hydrogen (secondary N) is 1. The SMILES string of the molecule is CNC(C)(CO)CC(C)N(C)C1CCCCC1. The van der Waals surface area contributed by atoms with E-state index in [-0.39, 0.29) is 12.1 Å². The van der Waals surface area contributed by atoms with Gasteiger partial charge >= 0.3 is 0 Å². The average molecular weight is 242 g/mol. The van der Waals surface area contributed by atoms with Crippen molar-refractivity contribution in [3.8, 4) is 0 Å². The summed E-state index contributed by atoms with van der Waals surface area (Å²) in [5.74, 6) is 0. The van der Waals surface area contributed by atoms with Crippen molar-refractivity contribution in [2.75, 3.05) is 20.7 Å². The molecule has 1 fully saturated rings. The van der Waals surface area contributed by atoms with Crippen LogP contribution in [-0.4, -0.2) is 48.3 Å². The maximum atomic E-state index is 9.45. The fourth-order valence-electron chi connectivity index (χ4n) is 2.89. The molecule has 1 saturated carbocycles. The van der Waals surface area contributed by atoms with Gasteiger partial charge in [0, 0.05) is 17.6 Å². The van der Waals surface area contributed by atoms with Crippen LogP contribution in [0, 0.1) is 0 Å². The van der Waals surface area contributed by atoms with Crippen LogP contribution in [0.3, 0.4) is 0 Å². The van der Waals surface area contributed by atoms with Crippen molar-refractivity contribution in [2.24, 2.45) is 0 Å². The van der Waals surface area contributed by atoms with Crippen LogP contribution in [0.15, 0.2) is 0 Å². The number of likely N-dealkylation sites (N-methyl/N-ethyl adjacent to an activating group) is 1. The molecule has 0 spiro atoms. The van der Waals surface area contributed by atoms with Crippen molar-refractivity contribution in [3.63, 3.8) is 0 Å². The van der Waals surface area contributed by atoms with Gasteiger partial charge in [-0.1, -0.05) is 19.3 Å². The summed E-state index contributed by atoms with van der Waals surface area (Å²) in [6.07, 6.45) is 7.85. The summed E-state index contributed by atoms with van der Waals surface area (Å²) < 4.78 is 0. The van der Waals surface area contributed by atoms with E-state index in [0.717, 1.165) is 12.5 Å². The summed E-state index contributed by atoms with van der Waals surface area (Å²) in [6.45, 7) is 4.57. The Hall–Kier alpha value is -0.120. The van der Waals surface area contributed by atoms with E-state index < -0.39 is 0 Å². The molecule has 3 nitrogen and oxygen atoms in total. The highest BCUT2D eigenvalue weighted by Crippen LogP contribution is 2.25. The Kier molecular flexibility index (Phi) is 5.90. The summed E-state index contributed by atoms with van der Waals surface area (Å²) >= 11 is 0. The molecule has 102 valence electrons. The quantitative estimate of drug-likeness (QED) is 0.748. The van der Waals surface area contributed by atoms with E-state index in [1.54, 1.807) is 0 Å². The molecule has 17 heavy (non-hydrogen) atoms. The van der Waals surface area contributed by atoms with Gasteiger partial charge in [-0.05, 0) is 47.2 Å². The Labute approximate surface area is 107 Å². The van der Waals surface area contributed by atoms with Crippen molar-refractivity contribution in [2.45, 2.75) is 70.0 Å². The third-order valence-corrected chi connectivity index (χ3v) is 4.54. The van der Waals surface area contributed by atoms with Gasteiger partial charge in [0.05, 0.1) is 6.61 Å². The van der Waals surface area contributed by atoms with Crippen LogP contribution < -0.4 is 5.32 Å². The highest BCUT2D eigenvalue weighted by atomic mass is 16.3. The predicted molar refractivity (Wildman–Crippen MR) is 73.3 cm³/mol. The van der Waals surface area contributed by atoms with E-state index in [4.69, 9.17) is 0 Å². The van der Waals surface area contributed by atoms with Crippen LogP contribution >= 0.6 is 0 Å². The third kappa shape index (κ3) is 4.23.